The second-order valence-corrected chi connectivity index (χ2v) is 4.98. The van der Waals surface area contributed by atoms with Gasteiger partial charge in [0, 0.05) is 23.6 Å². The lowest BCUT2D eigenvalue weighted by Crippen LogP contribution is -2.04. The Morgan fingerprint density at radius 1 is 1.33 bits per heavy atom. The number of aromatic nitrogens is 2. The van der Waals surface area contributed by atoms with E-state index in [2.05, 4.69) is 16.9 Å². The summed E-state index contributed by atoms with van der Waals surface area (Å²) in [5, 5.41) is 0.769. The molecule has 1 aromatic heterocycles. The molecule has 18 heavy (non-hydrogen) atoms. The van der Waals surface area contributed by atoms with Gasteiger partial charge in [0.15, 0.2) is 0 Å². The van der Waals surface area contributed by atoms with Gasteiger partial charge in [-0.05, 0) is 43.7 Å². The number of nitrogens with two attached hydrogens (primary N) is 1. The molecule has 0 unspecified atom stereocenters. The molecule has 0 atom stereocenters. The molecule has 0 aliphatic heterocycles. The van der Waals surface area contributed by atoms with Crippen molar-refractivity contribution in [3.8, 4) is 0 Å². The second kappa shape index (κ2) is 5.55. The third-order valence-electron chi connectivity index (χ3n) is 3.08. The molecule has 0 saturated heterocycles. The Hall–Kier alpha value is -1.32. The van der Waals surface area contributed by atoms with Gasteiger partial charge < -0.3 is 10.7 Å². The van der Waals surface area contributed by atoms with Crippen LogP contribution in [0.25, 0.3) is 0 Å². The number of aromatic amines is 1. The number of H-pyrrole nitrogens is 1. The van der Waals surface area contributed by atoms with Gasteiger partial charge in [-0.3, -0.25) is 0 Å². The first kappa shape index (κ1) is 13.1. The fourth-order valence-corrected chi connectivity index (χ4v) is 2.20. The summed E-state index contributed by atoms with van der Waals surface area (Å²) in [6, 6.07) is 5.96. The van der Waals surface area contributed by atoms with E-state index in [9.17, 15) is 0 Å². The molecule has 1 aromatic carbocycles. The quantitative estimate of drug-likeness (QED) is 0.891. The number of hydrogen-bond donors (Lipinski definition) is 2. The molecule has 2 aromatic rings. The maximum atomic E-state index is 6.03. The monoisotopic (exact) mass is 263 g/mol. The molecule has 0 amide bonds. The van der Waals surface area contributed by atoms with Crippen LogP contribution in [0.3, 0.4) is 0 Å². The maximum Gasteiger partial charge on any atom is 0.107 e. The first-order chi connectivity index (χ1) is 8.60. The normalized spacial score (nSPS) is 10.9. The van der Waals surface area contributed by atoms with Crippen LogP contribution >= 0.6 is 11.6 Å². The molecule has 1 heterocycles. The van der Waals surface area contributed by atoms with Crippen LogP contribution in [0.15, 0.2) is 18.2 Å². The molecule has 2 rings (SSSR count). The Bertz CT molecular complexity index is 546. The second-order valence-electron chi connectivity index (χ2n) is 4.54. The number of halogens is 1. The van der Waals surface area contributed by atoms with E-state index in [1.165, 1.54) is 11.1 Å². The summed E-state index contributed by atoms with van der Waals surface area (Å²) >= 11 is 6.03. The zero-order valence-corrected chi connectivity index (χ0v) is 11.5. The van der Waals surface area contributed by atoms with Crippen LogP contribution in [-0.2, 0) is 12.8 Å². The fraction of sp³-hybridized carbons (Fsp3) is 0.357. The molecule has 0 fully saturated rings. The van der Waals surface area contributed by atoms with E-state index in [0.29, 0.717) is 6.54 Å². The summed E-state index contributed by atoms with van der Waals surface area (Å²) in [4.78, 5) is 7.86. The van der Waals surface area contributed by atoms with E-state index in [1.807, 2.05) is 25.1 Å². The van der Waals surface area contributed by atoms with Crippen LogP contribution in [-0.4, -0.2) is 16.5 Å². The van der Waals surface area contributed by atoms with Crippen molar-refractivity contribution in [3.63, 3.8) is 0 Å². The van der Waals surface area contributed by atoms with Crippen LogP contribution in [0.2, 0.25) is 5.02 Å². The smallest absolute Gasteiger partial charge is 0.107 e. The summed E-state index contributed by atoms with van der Waals surface area (Å²) < 4.78 is 0. The van der Waals surface area contributed by atoms with Gasteiger partial charge in [-0.15, -0.1) is 0 Å². The highest BCUT2D eigenvalue weighted by molar-refractivity contribution is 6.30. The van der Waals surface area contributed by atoms with Crippen molar-refractivity contribution in [2.75, 3.05) is 6.54 Å². The zero-order valence-electron chi connectivity index (χ0n) is 10.8. The number of aryl methyl sites for hydroxylation is 2. The lowest BCUT2D eigenvalue weighted by Gasteiger charge is -2.05. The third kappa shape index (κ3) is 2.92. The highest BCUT2D eigenvalue weighted by Gasteiger charge is 2.09. The topological polar surface area (TPSA) is 54.7 Å². The molecule has 0 spiro atoms. The Morgan fingerprint density at radius 2 is 2.11 bits per heavy atom. The number of rotatable bonds is 4. The lowest BCUT2D eigenvalue weighted by atomic mass is 10.0. The average Bonchev–Trinajstić information content (AvgIpc) is 2.65. The first-order valence-electron chi connectivity index (χ1n) is 6.09. The van der Waals surface area contributed by atoms with Gasteiger partial charge >= 0.3 is 0 Å². The fourth-order valence-electron chi connectivity index (χ4n) is 2.00. The van der Waals surface area contributed by atoms with Gasteiger partial charge in [-0.2, -0.15) is 0 Å². The van der Waals surface area contributed by atoms with E-state index in [-0.39, 0.29) is 0 Å². The zero-order chi connectivity index (χ0) is 13.1. The van der Waals surface area contributed by atoms with E-state index in [1.54, 1.807) is 0 Å². The third-order valence-corrected chi connectivity index (χ3v) is 3.32. The van der Waals surface area contributed by atoms with Crippen LogP contribution in [0.5, 0.6) is 0 Å². The van der Waals surface area contributed by atoms with Crippen molar-refractivity contribution in [1.29, 1.82) is 0 Å². The largest absolute Gasteiger partial charge is 0.346 e. The minimum Gasteiger partial charge on any atom is -0.346 e. The molecule has 0 aliphatic carbocycles. The summed E-state index contributed by atoms with van der Waals surface area (Å²) in [6.45, 7) is 4.75. The molecule has 3 nitrogen and oxygen atoms in total. The van der Waals surface area contributed by atoms with Crippen molar-refractivity contribution in [2.45, 2.75) is 26.7 Å². The van der Waals surface area contributed by atoms with Crippen LogP contribution in [0, 0.1) is 13.8 Å². The first-order valence-corrected chi connectivity index (χ1v) is 6.47. The van der Waals surface area contributed by atoms with Gasteiger partial charge in [0.05, 0.1) is 5.69 Å². The molecule has 3 N–H and O–H groups in total. The van der Waals surface area contributed by atoms with Crippen molar-refractivity contribution < 1.29 is 0 Å². The van der Waals surface area contributed by atoms with Crippen LogP contribution in [0.4, 0.5) is 0 Å². The maximum absolute atomic E-state index is 6.03. The van der Waals surface area contributed by atoms with Gasteiger partial charge in [0.2, 0.25) is 0 Å². The van der Waals surface area contributed by atoms with Crippen molar-refractivity contribution in [3.05, 3.63) is 51.6 Å². The van der Waals surface area contributed by atoms with Gasteiger partial charge in [-0.25, -0.2) is 4.98 Å². The standard InChI is InChI=1S/C14H18ClN3/c1-9-3-4-12(15)7-11(9)8-13-10(2)17-14(18-13)5-6-16/h3-4,7H,5-6,8,16H2,1-2H3,(H,17,18). The number of nitrogens with one attached hydrogen (secondary N) is 1. The minimum atomic E-state index is 0.614. The molecule has 0 bridgehead atoms. The predicted molar refractivity (Wildman–Crippen MR) is 75.1 cm³/mol. The highest BCUT2D eigenvalue weighted by Crippen LogP contribution is 2.19. The van der Waals surface area contributed by atoms with Gasteiger partial charge in [0.1, 0.15) is 5.82 Å². The Labute approximate surface area is 112 Å². The van der Waals surface area contributed by atoms with E-state index in [4.69, 9.17) is 17.3 Å². The SMILES string of the molecule is Cc1ccc(Cl)cc1Cc1nc(CCN)[nH]c1C. The van der Waals surface area contributed by atoms with E-state index in [0.717, 1.165) is 35.1 Å². The number of benzene rings is 1. The van der Waals surface area contributed by atoms with E-state index < -0.39 is 0 Å². The van der Waals surface area contributed by atoms with Crippen LogP contribution in [0.1, 0.15) is 28.3 Å². The Kier molecular flexibility index (Phi) is 4.04. The lowest BCUT2D eigenvalue weighted by molar-refractivity contribution is 0.885. The molecule has 4 heteroatoms. The number of hydrogen-bond acceptors (Lipinski definition) is 2. The highest BCUT2D eigenvalue weighted by atomic mass is 35.5. The summed E-state index contributed by atoms with van der Waals surface area (Å²) in [6.07, 6.45) is 1.59. The average molecular weight is 264 g/mol. The summed E-state index contributed by atoms with van der Waals surface area (Å²) in [5.74, 6) is 0.963. The number of nitrogens with zero attached hydrogens (tertiary/aromatic N) is 1. The summed E-state index contributed by atoms with van der Waals surface area (Å²) in [5.41, 5.74) is 10.2. The molecular formula is C14H18ClN3. The Balaban J connectivity index is 2.25. The molecule has 0 saturated carbocycles. The van der Waals surface area contributed by atoms with E-state index >= 15 is 0 Å². The molecular weight excluding hydrogens is 246 g/mol. The predicted octanol–water partition coefficient (Wildman–Crippen LogP) is 2.77. The number of imidazole rings is 1. The van der Waals surface area contributed by atoms with Crippen molar-refractivity contribution >= 4 is 11.6 Å². The van der Waals surface area contributed by atoms with Gasteiger partial charge in [0.25, 0.3) is 0 Å². The van der Waals surface area contributed by atoms with Crippen molar-refractivity contribution in [1.82, 2.24) is 9.97 Å². The van der Waals surface area contributed by atoms with Crippen LogP contribution < -0.4 is 5.73 Å². The molecule has 0 aliphatic rings. The van der Waals surface area contributed by atoms with Gasteiger partial charge in [-0.1, -0.05) is 17.7 Å². The van der Waals surface area contributed by atoms with Crippen molar-refractivity contribution in [2.24, 2.45) is 5.73 Å². The molecule has 96 valence electrons. The molecule has 0 radical (unpaired) electrons. The minimum absolute atomic E-state index is 0.614. The summed E-state index contributed by atoms with van der Waals surface area (Å²) in [7, 11) is 0. The Morgan fingerprint density at radius 3 is 2.83 bits per heavy atom.